The van der Waals surface area contributed by atoms with Gasteiger partial charge in [0.1, 0.15) is 24.2 Å². The molecular weight excluding hydrogens is 404 g/mol. The molecule has 4 unspecified atom stereocenters. The van der Waals surface area contributed by atoms with Gasteiger partial charge < -0.3 is 9.80 Å². The molecule has 0 radical (unpaired) electrons. The van der Waals surface area contributed by atoms with Crippen LogP contribution in [0.5, 0.6) is 0 Å². The number of urea groups is 2. The van der Waals surface area contributed by atoms with Gasteiger partial charge in [-0.1, -0.05) is 0 Å². The average Bonchev–Trinajstić information content (AvgIpc) is 3.10. The lowest BCUT2D eigenvalue weighted by Crippen LogP contribution is -2.42. The van der Waals surface area contributed by atoms with Gasteiger partial charge in [0.25, 0.3) is 0 Å². The van der Waals surface area contributed by atoms with E-state index < -0.39 is 46.6 Å². The molecule has 29 heavy (non-hydrogen) atoms. The van der Waals surface area contributed by atoms with Crippen LogP contribution in [0.1, 0.15) is 13.8 Å². The predicted molar refractivity (Wildman–Crippen MR) is 92.9 cm³/mol. The molecule has 13 heteroatoms. The summed E-state index contributed by atoms with van der Waals surface area (Å²) in [5.74, 6) is 0. The van der Waals surface area contributed by atoms with Gasteiger partial charge in [0.2, 0.25) is 0 Å². The summed E-state index contributed by atoms with van der Waals surface area (Å²) < 4.78 is 34.7. The monoisotopic (exact) mass is 420 g/mol. The molecule has 0 aliphatic carbocycles. The average molecular weight is 420 g/mol. The van der Waals surface area contributed by atoms with Crippen molar-refractivity contribution in [1.82, 2.24) is 19.9 Å². The molecule has 4 aliphatic rings. The predicted octanol–water partition coefficient (Wildman–Crippen LogP) is 0.0110. The van der Waals surface area contributed by atoms with Crippen LogP contribution < -0.4 is 0 Å². The van der Waals surface area contributed by atoms with Crippen molar-refractivity contribution in [3.8, 4) is 12.1 Å². The van der Waals surface area contributed by atoms with E-state index in [0.717, 1.165) is 0 Å². The Labute approximate surface area is 166 Å². The van der Waals surface area contributed by atoms with Crippen LogP contribution in [0.25, 0.3) is 0 Å². The second kappa shape index (κ2) is 6.45. The number of hydrogen-bond acceptors (Lipinski definition) is 8. The zero-order valence-corrected chi connectivity index (χ0v) is 16.2. The quantitative estimate of drug-likeness (QED) is 0.578. The normalized spacial score (nSPS) is 30.9. The summed E-state index contributed by atoms with van der Waals surface area (Å²) in [7, 11) is -4.85. The molecule has 0 aromatic carbocycles. The highest BCUT2D eigenvalue weighted by atomic mass is 32.3. The maximum absolute atomic E-state index is 12.5. The number of amides is 4. The largest absolute Gasteiger partial charge is 0.442 e. The van der Waals surface area contributed by atoms with Crippen molar-refractivity contribution >= 4 is 22.5 Å². The van der Waals surface area contributed by atoms with Crippen LogP contribution in [-0.4, -0.2) is 77.7 Å². The molecule has 2 saturated heterocycles. The fourth-order valence-corrected chi connectivity index (χ4v) is 4.57. The summed E-state index contributed by atoms with van der Waals surface area (Å²) in [6.07, 6.45) is 3.11. The first-order valence-corrected chi connectivity index (χ1v) is 10.00. The fraction of sp³-hybridized carbons (Fsp3) is 0.500. The molecule has 0 N–H and O–H groups in total. The standard InChI is InChI=1S/C16H16N6O6S/c1-9-3-11(5-17)19-7-13(9)21(15(19)23)27-29(25,26)28-22-14-8-20(16(22)24)12(6-18)4-10(14)2/h3-4,11-14H,7-8H2,1-2H3. The highest BCUT2D eigenvalue weighted by Gasteiger charge is 2.50. The number of hydrogen-bond donors (Lipinski definition) is 0. The molecule has 4 aliphatic heterocycles. The molecule has 4 bridgehead atoms. The molecule has 0 spiro atoms. The number of rotatable bonds is 4. The van der Waals surface area contributed by atoms with Crippen LogP contribution in [0, 0.1) is 22.7 Å². The van der Waals surface area contributed by atoms with E-state index in [-0.39, 0.29) is 13.1 Å². The van der Waals surface area contributed by atoms with Crippen molar-refractivity contribution in [3.05, 3.63) is 23.3 Å². The highest BCUT2D eigenvalue weighted by Crippen LogP contribution is 2.33. The van der Waals surface area contributed by atoms with Gasteiger partial charge in [-0.05, 0) is 37.1 Å². The topological polar surface area (TPSA) is 147 Å². The van der Waals surface area contributed by atoms with Crippen LogP contribution in [0.3, 0.4) is 0 Å². The number of carbonyl (C=O) groups is 2. The SMILES string of the molecule is CC1=CC(C#N)N2CC1N(OS(=O)(=O)ON1C(=O)N3CC1C(C)=CC3C#N)C2=O. The zero-order chi connectivity index (χ0) is 21.1. The summed E-state index contributed by atoms with van der Waals surface area (Å²) in [6, 6.07) is -0.722. The molecule has 4 atom stereocenters. The molecule has 0 saturated carbocycles. The van der Waals surface area contributed by atoms with Crippen LogP contribution in [0.2, 0.25) is 0 Å². The number of nitriles is 2. The van der Waals surface area contributed by atoms with Crippen LogP contribution in [0.15, 0.2) is 23.3 Å². The summed E-state index contributed by atoms with van der Waals surface area (Å²) in [5, 5.41) is 19.6. The van der Waals surface area contributed by atoms with Gasteiger partial charge >= 0.3 is 22.5 Å². The van der Waals surface area contributed by atoms with Crippen molar-refractivity contribution < 1.29 is 26.6 Å². The van der Waals surface area contributed by atoms with Gasteiger partial charge in [-0.25, -0.2) is 9.59 Å². The Hall–Kier alpha value is -3.13. The molecule has 0 aromatic heterocycles. The third-order valence-electron chi connectivity index (χ3n) is 5.35. The minimum atomic E-state index is -4.85. The van der Waals surface area contributed by atoms with E-state index in [1.165, 1.54) is 9.80 Å². The lowest BCUT2D eigenvalue weighted by Gasteiger charge is -2.25. The van der Waals surface area contributed by atoms with E-state index in [4.69, 9.17) is 8.57 Å². The Balaban J connectivity index is 1.53. The van der Waals surface area contributed by atoms with Crippen molar-refractivity contribution in [2.24, 2.45) is 0 Å². The van der Waals surface area contributed by atoms with E-state index in [1.54, 1.807) is 26.0 Å². The molecule has 4 amide bonds. The lowest BCUT2D eigenvalue weighted by molar-refractivity contribution is -0.0748. The third kappa shape index (κ3) is 2.91. The Morgan fingerprint density at radius 1 is 0.897 bits per heavy atom. The van der Waals surface area contributed by atoms with Crippen LogP contribution in [0.4, 0.5) is 9.59 Å². The van der Waals surface area contributed by atoms with E-state index >= 15 is 0 Å². The van der Waals surface area contributed by atoms with Crippen LogP contribution >= 0.6 is 0 Å². The van der Waals surface area contributed by atoms with E-state index in [9.17, 15) is 28.5 Å². The van der Waals surface area contributed by atoms with Gasteiger partial charge in [-0.3, -0.25) is 0 Å². The maximum atomic E-state index is 12.5. The fourth-order valence-electron chi connectivity index (χ4n) is 3.81. The summed E-state index contributed by atoms with van der Waals surface area (Å²) in [5.41, 5.74) is 1.20. The molecule has 2 fully saturated rings. The van der Waals surface area contributed by atoms with Gasteiger partial charge in [0.15, 0.2) is 0 Å². The smallest absolute Gasteiger partial charge is 0.301 e. The molecule has 4 heterocycles. The Bertz CT molecular complexity index is 963. The molecular formula is C16H16N6O6S. The first-order valence-electron chi connectivity index (χ1n) is 8.66. The van der Waals surface area contributed by atoms with E-state index in [1.807, 2.05) is 12.1 Å². The number of carbonyl (C=O) groups excluding carboxylic acids is 2. The molecule has 4 rings (SSSR count). The number of hydroxylamine groups is 4. The lowest BCUT2D eigenvalue weighted by atomic mass is 10.0. The number of fused-ring (bicyclic) bond motifs is 4. The summed E-state index contributed by atoms with van der Waals surface area (Å²) >= 11 is 0. The minimum Gasteiger partial charge on any atom is -0.301 e. The van der Waals surface area contributed by atoms with Crippen molar-refractivity contribution in [2.45, 2.75) is 38.0 Å². The Morgan fingerprint density at radius 2 is 1.28 bits per heavy atom. The van der Waals surface area contributed by atoms with Gasteiger partial charge in [0, 0.05) is 0 Å². The Morgan fingerprint density at radius 3 is 1.62 bits per heavy atom. The van der Waals surface area contributed by atoms with E-state index in [0.29, 0.717) is 21.3 Å². The Kier molecular flexibility index (Phi) is 4.27. The van der Waals surface area contributed by atoms with Gasteiger partial charge in [-0.2, -0.15) is 29.1 Å². The third-order valence-corrected chi connectivity index (χ3v) is 6.03. The maximum Gasteiger partial charge on any atom is 0.442 e. The van der Waals surface area contributed by atoms with E-state index in [2.05, 4.69) is 0 Å². The second-order valence-corrected chi connectivity index (χ2v) is 8.19. The van der Waals surface area contributed by atoms with Crippen molar-refractivity contribution in [3.63, 3.8) is 0 Å². The minimum absolute atomic E-state index is 0.0969. The molecule has 152 valence electrons. The molecule has 12 nitrogen and oxygen atoms in total. The highest BCUT2D eigenvalue weighted by molar-refractivity contribution is 7.81. The van der Waals surface area contributed by atoms with Crippen molar-refractivity contribution in [2.75, 3.05) is 13.1 Å². The zero-order valence-electron chi connectivity index (χ0n) is 15.4. The molecule has 0 aromatic rings. The van der Waals surface area contributed by atoms with Gasteiger partial charge in [0.05, 0.1) is 25.2 Å². The first kappa shape index (κ1) is 19.2. The van der Waals surface area contributed by atoms with Crippen LogP contribution in [-0.2, 0) is 19.0 Å². The summed E-state index contributed by atoms with van der Waals surface area (Å²) in [4.78, 5) is 27.3. The first-order chi connectivity index (χ1) is 13.7. The van der Waals surface area contributed by atoms with Gasteiger partial charge in [-0.15, -0.1) is 8.57 Å². The number of nitrogens with zero attached hydrogens (tertiary/aromatic N) is 6. The van der Waals surface area contributed by atoms with Crippen molar-refractivity contribution in [1.29, 1.82) is 10.5 Å². The summed E-state index contributed by atoms with van der Waals surface area (Å²) in [6.45, 7) is 3.51. The second-order valence-electron chi connectivity index (χ2n) is 7.08.